The summed E-state index contributed by atoms with van der Waals surface area (Å²) in [5.74, 6) is -0.868. The number of aromatic nitrogens is 2. The van der Waals surface area contributed by atoms with Crippen LogP contribution in [0.15, 0.2) is 42.5 Å². The molecule has 3 aromatic rings. The van der Waals surface area contributed by atoms with Gasteiger partial charge in [-0.05, 0) is 43.0 Å². The minimum Gasteiger partial charge on any atom is -0.382 e. The summed E-state index contributed by atoms with van der Waals surface area (Å²) in [4.78, 5) is 12.3. The number of nitrogen functional groups attached to an aromatic ring is 1. The Morgan fingerprint density at radius 1 is 1.21 bits per heavy atom. The lowest BCUT2D eigenvalue weighted by Gasteiger charge is -2.09. The summed E-state index contributed by atoms with van der Waals surface area (Å²) in [7, 11) is 0. The van der Waals surface area contributed by atoms with Crippen LogP contribution in [0, 0.1) is 17.6 Å². The molecule has 6 nitrogen and oxygen atoms in total. The molecule has 0 radical (unpaired) electrons. The summed E-state index contributed by atoms with van der Waals surface area (Å²) in [5.41, 5.74) is 7.13. The Hall–Kier alpha value is -3.13. The molecule has 0 unspecified atom stereocenters. The first-order valence-electron chi connectivity index (χ1n) is 9.07. The van der Waals surface area contributed by atoms with E-state index in [0.29, 0.717) is 28.7 Å². The Labute approximate surface area is 170 Å². The third-order valence-electron chi connectivity index (χ3n) is 4.66. The Balaban J connectivity index is 1.76. The van der Waals surface area contributed by atoms with Crippen molar-refractivity contribution in [2.24, 2.45) is 5.92 Å². The zero-order valence-electron chi connectivity index (χ0n) is 15.3. The van der Waals surface area contributed by atoms with Gasteiger partial charge in [0.2, 0.25) is 0 Å². The molecule has 1 saturated carbocycles. The van der Waals surface area contributed by atoms with Crippen LogP contribution in [0.3, 0.4) is 0 Å². The number of rotatable bonds is 5. The van der Waals surface area contributed by atoms with Crippen LogP contribution in [0.25, 0.3) is 16.9 Å². The summed E-state index contributed by atoms with van der Waals surface area (Å²) >= 11 is 5.95. The fourth-order valence-corrected chi connectivity index (χ4v) is 3.04. The number of nitrogens with zero attached hydrogens (tertiary/aromatic N) is 2. The van der Waals surface area contributed by atoms with Crippen molar-refractivity contribution in [2.75, 3.05) is 17.6 Å². The van der Waals surface area contributed by atoms with Crippen LogP contribution in [-0.4, -0.2) is 22.4 Å². The van der Waals surface area contributed by atoms with Gasteiger partial charge in [0.05, 0.1) is 0 Å². The molecule has 0 saturated heterocycles. The Bertz CT molecular complexity index is 1060. The van der Waals surface area contributed by atoms with Gasteiger partial charge in [-0.3, -0.25) is 0 Å². The van der Waals surface area contributed by atoms with Crippen LogP contribution in [-0.2, 0) is 0 Å². The first-order valence-corrected chi connectivity index (χ1v) is 9.45. The molecule has 4 rings (SSSR count). The molecular formula is C20H18ClF2N5O. The maximum atomic E-state index is 14.3. The van der Waals surface area contributed by atoms with Crippen LogP contribution < -0.4 is 16.4 Å². The molecule has 0 bridgehead atoms. The molecule has 1 fully saturated rings. The summed E-state index contributed by atoms with van der Waals surface area (Å²) in [5, 5.41) is 10.3. The average Bonchev–Trinajstić information content (AvgIpc) is 3.48. The number of benzene rings is 2. The molecule has 2 amide bonds. The van der Waals surface area contributed by atoms with Gasteiger partial charge in [0.15, 0.2) is 5.82 Å². The van der Waals surface area contributed by atoms with E-state index in [1.54, 1.807) is 24.3 Å². The molecule has 4 N–H and O–H groups in total. The molecule has 0 aliphatic heterocycles. The smallest absolute Gasteiger partial charge is 0.319 e. The van der Waals surface area contributed by atoms with Gasteiger partial charge in [-0.25, -0.2) is 18.3 Å². The number of anilines is 2. The molecular weight excluding hydrogens is 400 g/mol. The van der Waals surface area contributed by atoms with Crippen molar-refractivity contribution in [2.45, 2.75) is 12.8 Å². The number of carbonyl (C=O) groups is 1. The molecule has 29 heavy (non-hydrogen) atoms. The van der Waals surface area contributed by atoms with Crippen molar-refractivity contribution in [1.82, 2.24) is 15.1 Å². The summed E-state index contributed by atoms with van der Waals surface area (Å²) in [6.45, 7) is 0.564. The van der Waals surface area contributed by atoms with E-state index < -0.39 is 17.7 Å². The predicted molar refractivity (Wildman–Crippen MR) is 108 cm³/mol. The monoisotopic (exact) mass is 417 g/mol. The third-order valence-corrected chi connectivity index (χ3v) is 4.91. The van der Waals surface area contributed by atoms with Gasteiger partial charge in [0.1, 0.15) is 28.7 Å². The van der Waals surface area contributed by atoms with E-state index in [1.807, 2.05) is 0 Å². The second kappa shape index (κ2) is 7.71. The van der Waals surface area contributed by atoms with E-state index in [1.165, 1.54) is 0 Å². The third kappa shape index (κ3) is 4.17. The maximum Gasteiger partial charge on any atom is 0.319 e. The number of carbonyl (C=O) groups excluding carboxylic acids is 1. The number of hydrogen-bond acceptors (Lipinski definition) is 3. The summed E-state index contributed by atoms with van der Waals surface area (Å²) < 4.78 is 29.1. The first-order chi connectivity index (χ1) is 13.9. The van der Waals surface area contributed by atoms with Crippen molar-refractivity contribution in [1.29, 1.82) is 0 Å². The molecule has 150 valence electrons. The Morgan fingerprint density at radius 3 is 2.62 bits per heavy atom. The standard InChI is InChI=1S/C20H18ClF2N5O/c21-13-5-3-12(4-6-13)17-18(26-20(29)25-10-11-1-2-11)19(24)28(27-17)16-9-14(22)7-8-15(16)23/h3-9,11H,1-2,10,24H2,(H2,25,26,29). The van der Waals surface area contributed by atoms with Crippen LogP contribution in [0.1, 0.15) is 12.8 Å². The van der Waals surface area contributed by atoms with Gasteiger partial charge in [-0.1, -0.05) is 23.7 Å². The maximum absolute atomic E-state index is 14.3. The molecule has 9 heteroatoms. The number of hydrogen-bond donors (Lipinski definition) is 3. The number of urea groups is 1. The zero-order valence-corrected chi connectivity index (χ0v) is 16.0. The molecule has 1 heterocycles. The van der Waals surface area contributed by atoms with E-state index >= 15 is 0 Å². The van der Waals surface area contributed by atoms with E-state index in [4.69, 9.17) is 17.3 Å². The lowest BCUT2D eigenvalue weighted by Crippen LogP contribution is -2.30. The largest absolute Gasteiger partial charge is 0.382 e. The van der Waals surface area contributed by atoms with Crippen LogP contribution in [0.2, 0.25) is 5.02 Å². The fraction of sp³-hybridized carbons (Fsp3) is 0.200. The van der Waals surface area contributed by atoms with Crippen molar-refractivity contribution in [3.8, 4) is 16.9 Å². The van der Waals surface area contributed by atoms with Gasteiger partial charge in [0, 0.05) is 23.2 Å². The topological polar surface area (TPSA) is 85.0 Å². The normalized spacial score (nSPS) is 13.3. The lowest BCUT2D eigenvalue weighted by molar-refractivity contribution is 0.251. The van der Waals surface area contributed by atoms with Gasteiger partial charge in [0.25, 0.3) is 0 Å². The van der Waals surface area contributed by atoms with E-state index in [2.05, 4.69) is 15.7 Å². The second-order valence-electron chi connectivity index (χ2n) is 6.90. The highest BCUT2D eigenvalue weighted by atomic mass is 35.5. The molecule has 0 spiro atoms. The average molecular weight is 418 g/mol. The van der Waals surface area contributed by atoms with Crippen LogP contribution in [0.5, 0.6) is 0 Å². The van der Waals surface area contributed by atoms with Crippen molar-refractivity contribution in [3.05, 3.63) is 59.1 Å². The van der Waals surface area contributed by atoms with Gasteiger partial charge in [-0.15, -0.1) is 0 Å². The number of nitrogens with two attached hydrogens (primary N) is 1. The molecule has 0 atom stereocenters. The molecule has 1 aliphatic carbocycles. The summed E-state index contributed by atoms with van der Waals surface area (Å²) in [6, 6.07) is 9.25. The van der Waals surface area contributed by atoms with Crippen molar-refractivity contribution < 1.29 is 13.6 Å². The first kappa shape index (κ1) is 19.2. The number of amides is 2. The zero-order chi connectivity index (χ0) is 20.5. The highest BCUT2D eigenvalue weighted by molar-refractivity contribution is 6.30. The van der Waals surface area contributed by atoms with E-state index in [0.717, 1.165) is 35.7 Å². The second-order valence-corrected chi connectivity index (χ2v) is 7.34. The summed E-state index contributed by atoms with van der Waals surface area (Å²) in [6.07, 6.45) is 2.18. The SMILES string of the molecule is Nc1c(NC(=O)NCC2CC2)c(-c2ccc(Cl)cc2)nn1-c1cc(F)ccc1F. The highest BCUT2D eigenvalue weighted by Gasteiger charge is 2.24. The number of halogens is 3. The van der Waals surface area contributed by atoms with E-state index in [-0.39, 0.29) is 17.2 Å². The minimum absolute atomic E-state index is 0.0268. The van der Waals surface area contributed by atoms with Crippen molar-refractivity contribution in [3.63, 3.8) is 0 Å². The minimum atomic E-state index is -0.701. The van der Waals surface area contributed by atoms with Crippen LogP contribution in [0.4, 0.5) is 25.1 Å². The molecule has 2 aromatic carbocycles. The van der Waals surface area contributed by atoms with Gasteiger partial charge >= 0.3 is 6.03 Å². The Morgan fingerprint density at radius 2 is 1.93 bits per heavy atom. The molecule has 1 aliphatic rings. The lowest BCUT2D eigenvalue weighted by atomic mass is 10.1. The number of nitrogens with one attached hydrogen (secondary N) is 2. The van der Waals surface area contributed by atoms with Gasteiger partial charge < -0.3 is 16.4 Å². The highest BCUT2D eigenvalue weighted by Crippen LogP contribution is 2.35. The van der Waals surface area contributed by atoms with Crippen molar-refractivity contribution >= 4 is 29.1 Å². The Kier molecular flexibility index (Phi) is 5.10. The van der Waals surface area contributed by atoms with Gasteiger partial charge in [-0.2, -0.15) is 5.10 Å². The van der Waals surface area contributed by atoms with Crippen LogP contribution >= 0.6 is 11.6 Å². The molecule has 1 aromatic heterocycles. The quantitative estimate of drug-likeness (QED) is 0.567. The predicted octanol–water partition coefficient (Wildman–Crippen LogP) is 4.58. The van der Waals surface area contributed by atoms with E-state index in [9.17, 15) is 13.6 Å². The fourth-order valence-electron chi connectivity index (χ4n) is 2.91.